The summed E-state index contributed by atoms with van der Waals surface area (Å²) in [7, 11) is 0. The molecule has 4 aromatic rings. The minimum absolute atomic E-state index is 0.0822. The summed E-state index contributed by atoms with van der Waals surface area (Å²) in [4.78, 5) is 32.5. The minimum atomic E-state index is -0.919. The van der Waals surface area contributed by atoms with Crippen molar-refractivity contribution in [2.24, 2.45) is 0 Å². The molecule has 0 spiro atoms. The Morgan fingerprint density at radius 2 is 1.80 bits per heavy atom. The van der Waals surface area contributed by atoms with Crippen LogP contribution in [0.1, 0.15) is 29.7 Å². The molecule has 1 aromatic heterocycles. The van der Waals surface area contributed by atoms with Crippen LogP contribution in [0.2, 0.25) is 0 Å². The van der Waals surface area contributed by atoms with Crippen LogP contribution in [-0.2, 0) is 9.59 Å². The molecule has 35 heavy (non-hydrogen) atoms. The largest absolute Gasteiger partial charge is 0.507 e. The van der Waals surface area contributed by atoms with Crippen molar-refractivity contribution in [3.63, 3.8) is 0 Å². The highest BCUT2D eigenvalue weighted by atomic mass is 32.1. The molecule has 6 nitrogen and oxygen atoms in total. The van der Waals surface area contributed by atoms with Crippen molar-refractivity contribution in [2.75, 3.05) is 11.5 Å². The van der Waals surface area contributed by atoms with Gasteiger partial charge in [-0.25, -0.2) is 9.37 Å². The number of hydrogen-bond donors (Lipinski definition) is 1. The van der Waals surface area contributed by atoms with Gasteiger partial charge in [-0.3, -0.25) is 14.5 Å². The van der Waals surface area contributed by atoms with E-state index in [4.69, 9.17) is 4.74 Å². The number of ketones is 1. The zero-order valence-electron chi connectivity index (χ0n) is 19.0. The number of benzene rings is 3. The molecule has 1 aliphatic heterocycles. The molecule has 176 valence electrons. The summed E-state index contributed by atoms with van der Waals surface area (Å²) in [5.41, 5.74) is 2.52. The van der Waals surface area contributed by atoms with Crippen LogP contribution in [-0.4, -0.2) is 28.4 Å². The third-order valence-electron chi connectivity index (χ3n) is 5.81. The number of amides is 1. The van der Waals surface area contributed by atoms with Crippen molar-refractivity contribution < 1.29 is 23.8 Å². The molecule has 0 radical (unpaired) electrons. The number of anilines is 1. The number of nitrogens with zero attached hydrogens (tertiary/aromatic N) is 2. The normalized spacial score (nSPS) is 17.3. The lowest BCUT2D eigenvalue weighted by molar-refractivity contribution is -0.132. The van der Waals surface area contributed by atoms with Gasteiger partial charge in [-0.1, -0.05) is 29.5 Å². The number of halogens is 1. The fourth-order valence-electron chi connectivity index (χ4n) is 4.14. The van der Waals surface area contributed by atoms with E-state index in [0.717, 1.165) is 10.3 Å². The van der Waals surface area contributed by atoms with E-state index in [1.807, 2.05) is 32.0 Å². The topological polar surface area (TPSA) is 79.7 Å². The van der Waals surface area contributed by atoms with Crippen molar-refractivity contribution in [3.05, 3.63) is 94.8 Å². The Labute approximate surface area is 204 Å². The van der Waals surface area contributed by atoms with Crippen molar-refractivity contribution in [1.82, 2.24) is 4.98 Å². The Balaban J connectivity index is 1.70. The van der Waals surface area contributed by atoms with Crippen molar-refractivity contribution in [3.8, 4) is 5.75 Å². The van der Waals surface area contributed by atoms with Crippen molar-refractivity contribution in [1.29, 1.82) is 0 Å². The maximum Gasteiger partial charge on any atom is 0.301 e. The van der Waals surface area contributed by atoms with E-state index in [9.17, 15) is 19.1 Å². The first-order valence-corrected chi connectivity index (χ1v) is 11.9. The summed E-state index contributed by atoms with van der Waals surface area (Å²) in [6.45, 7) is 4.33. The first-order valence-electron chi connectivity index (χ1n) is 11.0. The fraction of sp³-hybridized carbons (Fsp3) is 0.148. The number of thiazole rings is 1. The number of carbonyl (C=O) groups excluding carboxylic acids is 2. The second kappa shape index (κ2) is 8.96. The van der Waals surface area contributed by atoms with Gasteiger partial charge in [-0.05, 0) is 73.5 Å². The molecule has 0 bridgehead atoms. The lowest BCUT2D eigenvalue weighted by Crippen LogP contribution is -2.29. The number of hydrogen-bond acceptors (Lipinski definition) is 6. The average molecular weight is 489 g/mol. The second-order valence-corrected chi connectivity index (χ2v) is 9.15. The first-order chi connectivity index (χ1) is 16.9. The number of carbonyl (C=O) groups is 2. The van der Waals surface area contributed by atoms with Crippen LogP contribution in [0, 0.1) is 12.7 Å². The Morgan fingerprint density at radius 1 is 1.09 bits per heavy atom. The van der Waals surface area contributed by atoms with E-state index in [-0.39, 0.29) is 16.9 Å². The molecule has 1 atom stereocenters. The minimum Gasteiger partial charge on any atom is -0.507 e. The van der Waals surface area contributed by atoms with Crippen molar-refractivity contribution in [2.45, 2.75) is 19.9 Å². The summed E-state index contributed by atoms with van der Waals surface area (Å²) >= 11 is 1.30. The quantitative estimate of drug-likeness (QED) is 0.219. The van der Waals surface area contributed by atoms with E-state index < -0.39 is 23.5 Å². The van der Waals surface area contributed by atoms with Crippen LogP contribution >= 0.6 is 11.3 Å². The van der Waals surface area contributed by atoms with Gasteiger partial charge < -0.3 is 9.84 Å². The maximum atomic E-state index is 13.5. The molecule has 1 amide bonds. The predicted molar refractivity (Wildman–Crippen MR) is 133 cm³/mol. The van der Waals surface area contributed by atoms with E-state index >= 15 is 0 Å². The molecule has 0 aliphatic carbocycles. The molecule has 1 N–H and O–H groups in total. The summed E-state index contributed by atoms with van der Waals surface area (Å²) in [5, 5.41) is 11.5. The standard InChI is InChI=1S/C27H21FN2O4S/c1-3-34-19-11-7-16(8-12-19)23-22(24(31)17-5-9-18(28)10-6-17)25(32)26(33)30(23)27-29-20-13-4-15(2)14-21(20)35-27/h4-14,23,31H,3H2,1-2H3/t23-/m0/s1. The number of ether oxygens (including phenoxy) is 1. The van der Waals surface area contributed by atoms with Crippen LogP contribution in [0.4, 0.5) is 9.52 Å². The van der Waals surface area contributed by atoms with Crippen molar-refractivity contribution >= 4 is 44.1 Å². The van der Waals surface area contributed by atoms with Gasteiger partial charge in [0.2, 0.25) is 0 Å². The molecular formula is C27H21FN2O4S. The molecule has 0 unspecified atom stereocenters. The number of aromatic nitrogens is 1. The SMILES string of the molecule is CCOc1ccc([C@H]2C(=C(O)c3ccc(F)cc3)C(=O)C(=O)N2c2nc3ccc(C)cc3s2)cc1. The number of Topliss-reactive ketones (excluding diaryl/α,β-unsaturated/α-hetero) is 1. The lowest BCUT2D eigenvalue weighted by Gasteiger charge is -2.23. The van der Waals surface area contributed by atoms with Gasteiger partial charge in [0.05, 0.1) is 28.4 Å². The van der Waals surface area contributed by atoms with Crippen LogP contribution in [0.3, 0.4) is 0 Å². The van der Waals surface area contributed by atoms with Gasteiger partial charge in [-0.2, -0.15) is 0 Å². The zero-order chi connectivity index (χ0) is 24.7. The van der Waals surface area contributed by atoms with Gasteiger partial charge in [-0.15, -0.1) is 0 Å². The Kier molecular flexibility index (Phi) is 5.82. The summed E-state index contributed by atoms with van der Waals surface area (Å²) in [5.74, 6) is -1.83. The highest BCUT2D eigenvalue weighted by Gasteiger charge is 2.48. The fourth-order valence-corrected chi connectivity index (χ4v) is 5.23. The number of aryl methyl sites for hydroxylation is 1. The van der Waals surface area contributed by atoms with E-state index in [1.54, 1.807) is 24.3 Å². The second-order valence-electron chi connectivity index (χ2n) is 8.15. The third-order valence-corrected chi connectivity index (χ3v) is 6.83. The number of fused-ring (bicyclic) bond motifs is 1. The molecule has 5 rings (SSSR count). The van der Waals surface area contributed by atoms with Gasteiger partial charge in [0.25, 0.3) is 5.78 Å². The van der Waals surface area contributed by atoms with Gasteiger partial charge in [0.1, 0.15) is 17.3 Å². The molecule has 2 heterocycles. The summed E-state index contributed by atoms with van der Waals surface area (Å²) < 4.78 is 19.9. The van der Waals surface area contributed by atoms with Crippen LogP contribution in [0.15, 0.2) is 72.3 Å². The van der Waals surface area contributed by atoms with Crippen LogP contribution < -0.4 is 9.64 Å². The molecule has 3 aromatic carbocycles. The highest BCUT2D eigenvalue weighted by molar-refractivity contribution is 7.22. The van der Waals surface area contributed by atoms with Crippen LogP contribution in [0.25, 0.3) is 16.0 Å². The number of aliphatic hydroxyl groups excluding tert-OH is 1. The van der Waals surface area contributed by atoms with Gasteiger partial charge >= 0.3 is 5.91 Å². The zero-order valence-corrected chi connectivity index (χ0v) is 19.8. The lowest BCUT2D eigenvalue weighted by atomic mass is 9.95. The predicted octanol–water partition coefficient (Wildman–Crippen LogP) is 5.77. The molecule has 1 saturated heterocycles. The average Bonchev–Trinajstić information content (AvgIpc) is 3.37. The van der Waals surface area contributed by atoms with Gasteiger partial charge in [0, 0.05) is 5.56 Å². The molecule has 8 heteroatoms. The molecule has 1 aliphatic rings. The molecular weight excluding hydrogens is 467 g/mol. The Morgan fingerprint density at radius 3 is 2.49 bits per heavy atom. The van der Waals surface area contributed by atoms with E-state index in [1.165, 1.54) is 40.5 Å². The first kappa shape index (κ1) is 22.7. The van der Waals surface area contributed by atoms with E-state index in [2.05, 4.69) is 4.98 Å². The Hall–Kier alpha value is -4.04. The molecule has 0 saturated carbocycles. The summed E-state index contributed by atoms with van der Waals surface area (Å²) in [6.07, 6.45) is 0. The Bertz CT molecular complexity index is 1480. The number of rotatable bonds is 5. The van der Waals surface area contributed by atoms with Crippen LogP contribution in [0.5, 0.6) is 5.75 Å². The summed E-state index contributed by atoms with van der Waals surface area (Å²) in [6, 6.07) is 17.0. The monoisotopic (exact) mass is 488 g/mol. The number of aliphatic hydroxyl groups is 1. The van der Waals surface area contributed by atoms with E-state index in [0.29, 0.717) is 28.6 Å². The smallest absolute Gasteiger partial charge is 0.301 e. The molecule has 1 fully saturated rings. The third kappa shape index (κ3) is 4.06. The highest BCUT2D eigenvalue weighted by Crippen LogP contribution is 2.44. The maximum absolute atomic E-state index is 13.5. The van der Waals surface area contributed by atoms with Gasteiger partial charge in [0.15, 0.2) is 5.13 Å².